The predicted molar refractivity (Wildman–Crippen MR) is 120 cm³/mol. The van der Waals surface area contributed by atoms with E-state index in [0.717, 1.165) is 16.8 Å². The van der Waals surface area contributed by atoms with Crippen molar-refractivity contribution in [1.29, 1.82) is 0 Å². The van der Waals surface area contributed by atoms with E-state index in [1.807, 2.05) is 37.3 Å². The summed E-state index contributed by atoms with van der Waals surface area (Å²) in [7, 11) is 0. The number of ether oxygens (including phenoxy) is 1. The minimum Gasteiger partial charge on any atom is -0.467 e. The second kappa shape index (κ2) is 9.44. The third-order valence-corrected chi connectivity index (χ3v) is 6.18. The number of thioether (sulfide) groups is 1. The Balaban J connectivity index is 1.58. The number of aryl methyl sites for hydroxylation is 1. The lowest BCUT2D eigenvalue weighted by Crippen LogP contribution is -2.38. The van der Waals surface area contributed by atoms with Crippen molar-refractivity contribution in [3.63, 3.8) is 0 Å². The molecule has 0 bridgehead atoms. The maximum absolute atomic E-state index is 13.3. The van der Waals surface area contributed by atoms with Gasteiger partial charge in [0.1, 0.15) is 18.3 Å². The van der Waals surface area contributed by atoms with Gasteiger partial charge in [0, 0.05) is 6.42 Å². The molecule has 32 heavy (non-hydrogen) atoms. The van der Waals surface area contributed by atoms with Crippen LogP contribution < -0.4 is 0 Å². The van der Waals surface area contributed by atoms with Crippen LogP contribution in [0.3, 0.4) is 0 Å². The van der Waals surface area contributed by atoms with Gasteiger partial charge in [-0.25, -0.2) is 9.80 Å². The number of esters is 1. The summed E-state index contributed by atoms with van der Waals surface area (Å²) in [6, 6.07) is 11.1. The third-order valence-electron chi connectivity index (χ3n) is 5.15. The number of nitrogens with zero attached hydrogens (tertiary/aromatic N) is 3. The number of furan rings is 1. The van der Waals surface area contributed by atoms with E-state index in [1.54, 1.807) is 19.3 Å². The summed E-state index contributed by atoms with van der Waals surface area (Å²) in [5, 5.41) is 6.37. The lowest BCUT2D eigenvalue weighted by atomic mass is 10.0. The first kappa shape index (κ1) is 21.9. The van der Waals surface area contributed by atoms with E-state index >= 15 is 0 Å². The molecule has 166 valence electrons. The highest BCUT2D eigenvalue weighted by Gasteiger charge is 2.37. The second-order valence-corrected chi connectivity index (χ2v) is 8.39. The summed E-state index contributed by atoms with van der Waals surface area (Å²) in [6.45, 7) is 3.72. The number of rotatable bonds is 6. The molecule has 2 aliphatic heterocycles. The fourth-order valence-corrected chi connectivity index (χ4v) is 4.48. The minimum absolute atomic E-state index is 0.165. The number of hydrogen-bond acceptors (Lipinski definition) is 7. The van der Waals surface area contributed by atoms with Gasteiger partial charge < -0.3 is 9.15 Å². The van der Waals surface area contributed by atoms with E-state index in [1.165, 1.54) is 27.7 Å². The Kier molecular flexibility index (Phi) is 6.45. The van der Waals surface area contributed by atoms with Crippen molar-refractivity contribution < 1.29 is 23.5 Å². The summed E-state index contributed by atoms with van der Waals surface area (Å²) in [6.07, 6.45) is 3.31. The quantitative estimate of drug-likeness (QED) is 0.493. The molecule has 1 saturated heterocycles. The minimum atomic E-state index is -0.545. The molecular weight excluding hydrogens is 430 g/mol. The van der Waals surface area contributed by atoms with E-state index in [0.29, 0.717) is 17.2 Å². The van der Waals surface area contributed by atoms with Crippen LogP contribution in [0.1, 0.15) is 36.3 Å². The van der Waals surface area contributed by atoms with Crippen LogP contribution in [-0.4, -0.2) is 52.3 Å². The van der Waals surface area contributed by atoms with Gasteiger partial charge in [-0.1, -0.05) is 41.6 Å². The molecule has 2 aliphatic rings. The molecule has 2 aromatic rings. The summed E-state index contributed by atoms with van der Waals surface area (Å²) >= 11 is 1.21. The van der Waals surface area contributed by atoms with Crippen LogP contribution in [0.25, 0.3) is 0 Å². The zero-order chi connectivity index (χ0) is 22.7. The van der Waals surface area contributed by atoms with Crippen LogP contribution in [0.15, 0.2) is 63.3 Å². The standard InChI is InChI=1S/C23H23N3O5S/c1-3-30-23(29)12-22-25(21(28)14-32-22)13-20(27)26-18(19-5-4-10-31-19)11-17(24-26)16-8-6-15(2)7-9-16/h4-10,12,18H,3,11,13-14H2,1-2H3/b22-12-. The van der Waals surface area contributed by atoms with Crippen molar-refractivity contribution in [2.24, 2.45) is 5.10 Å². The summed E-state index contributed by atoms with van der Waals surface area (Å²) < 4.78 is 10.5. The van der Waals surface area contributed by atoms with Crippen molar-refractivity contribution in [3.8, 4) is 0 Å². The Morgan fingerprint density at radius 1 is 1.28 bits per heavy atom. The molecule has 0 saturated carbocycles. The van der Waals surface area contributed by atoms with Crippen molar-refractivity contribution in [2.75, 3.05) is 18.9 Å². The molecule has 0 spiro atoms. The Hall–Kier alpha value is -3.33. The molecule has 2 amide bonds. The van der Waals surface area contributed by atoms with Gasteiger partial charge >= 0.3 is 5.97 Å². The molecule has 0 N–H and O–H groups in total. The van der Waals surface area contributed by atoms with Gasteiger partial charge in [0.05, 0.1) is 35.4 Å². The van der Waals surface area contributed by atoms with Crippen LogP contribution in [-0.2, 0) is 19.1 Å². The molecule has 9 heteroatoms. The lowest BCUT2D eigenvalue weighted by Gasteiger charge is -2.23. The first-order chi connectivity index (χ1) is 15.5. The maximum atomic E-state index is 13.3. The molecule has 1 unspecified atom stereocenters. The van der Waals surface area contributed by atoms with Crippen LogP contribution in [0, 0.1) is 6.92 Å². The smallest absolute Gasteiger partial charge is 0.333 e. The van der Waals surface area contributed by atoms with Crippen molar-refractivity contribution in [1.82, 2.24) is 9.91 Å². The topological polar surface area (TPSA) is 92.4 Å². The van der Waals surface area contributed by atoms with E-state index < -0.39 is 12.0 Å². The number of benzene rings is 1. The molecule has 3 heterocycles. The molecule has 1 aromatic heterocycles. The monoisotopic (exact) mass is 453 g/mol. The Labute approximate surface area is 189 Å². The van der Waals surface area contributed by atoms with Gasteiger partial charge in [0.25, 0.3) is 5.91 Å². The average Bonchev–Trinajstić information content (AvgIpc) is 3.51. The molecule has 1 aromatic carbocycles. The number of hydrogen-bond donors (Lipinski definition) is 0. The van der Waals surface area contributed by atoms with Crippen molar-refractivity contribution >= 4 is 35.3 Å². The molecule has 0 aliphatic carbocycles. The van der Waals surface area contributed by atoms with Gasteiger partial charge in [0.15, 0.2) is 0 Å². The first-order valence-corrected chi connectivity index (χ1v) is 11.3. The van der Waals surface area contributed by atoms with Crippen LogP contribution >= 0.6 is 11.8 Å². The normalized spacial score (nSPS) is 19.6. The maximum Gasteiger partial charge on any atom is 0.333 e. The van der Waals surface area contributed by atoms with Gasteiger partial charge in [-0.2, -0.15) is 5.10 Å². The number of hydrazone groups is 1. The van der Waals surface area contributed by atoms with Crippen LogP contribution in [0.2, 0.25) is 0 Å². The highest BCUT2D eigenvalue weighted by atomic mass is 32.2. The third kappa shape index (κ3) is 4.62. The summed E-state index contributed by atoms with van der Waals surface area (Å²) in [5.41, 5.74) is 2.83. The van der Waals surface area contributed by atoms with Gasteiger partial charge in [0.2, 0.25) is 5.91 Å². The SMILES string of the molecule is CCOC(=O)/C=C1\SCC(=O)N1CC(=O)N1N=C(c2ccc(C)cc2)CC1c1ccco1. The molecule has 1 fully saturated rings. The molecule has 0 radical (unpaired) electrons. The van der Waals surface area contributed by atoms with Gasteiger partial charge in [-0.3, -0.25) is 14.5 Å². The van der Waals surface area contributed by atoms with Crippen LogP contribution in [0.5, 0.6) is 0 Å². The molecule has 8 nitrogen and oxygen atoms in total. The van der Waals surface area contributed by atoms with Gasteiger partial charge in [-0.15, -0.1) is 0 Å². The highest BCUT2D eigenvalue weighted by molar-refractivity contribution is 8.04. The summed E-state index contributed by atoms with van der Waals surface area (Å²) in [5.74, 6) is -0.363. The number of amides is 2. The van der Waals surface area contributed by atoms with E-state index in [2.05, 4.69) is 5.10 Å². The zero-order valence-electron chi connectivity index (χ0n) is 17.8. The fourth-order valence-electron chi connectivity index (χ4n) is 3.56. The Morgan fingerprint density at radius 3 is 2.75 bits per heavy atom. The van der Waals surface area contributed by atoms with E-state index in [-0.39, 0.29) is 30.7 Å². The summed E-state index contributed by atoms with van der Waals surface area (Å²) in [4.78, 5) is 38.8. The molecule has 1 atom stereocenters. The Bertz CT molecular complexity index is 1080. The Morgan fingerprint density at radius 2 is 2.06 bits per heavy atom. The number of carbonyl (C=O) groups is 3. The second-order valence-electron chi connectivity index (χ2n) is 7.39. The number of carbonyl (C=O) groups excluding carboxylic acids is 3. The van der Waals surface area contributed by atoms with E-state index in [9.17, 15) is 14.4 Å². The lowest BCUT2D eigenvalue weighted by molar-refractivity contribution is -0.139. The average molecular weight is 454 g/mol. The zero-order valence-corrected chi connectivity index (χ0v) is 18.6. The molecular formula is C23H23N3O5S. The largest absolute Gasteiger partial charge is 0.467 e. The van der Waals surface area contributed by atoms with Crippen molar-refractivity contribution in [3.05, 3.63) is 70.7 Å². The van der Waals surface area contributed by atoms with Crippen LogP contribution in [0.4, 0.5) is 0 Å². The highest BCUT2D eigenvalue weighted by Crippen LogP contribution is 2.34. The van der Waals surface area contributed by atoms with E-state index in [4.69, 9.17) is 9.15 Å². The predicted octanol–water partition coefficient (Wildman–Crippen LogP) is 3.25. The van der Waals surface area contributed by atoms with Crippen molar-refractivity contribution in [2.45, 2.75) is 26.3 Å². The fraction of sp³-hybridized carbons (Fsp3) is 0.304. The van der Waals surface area contributed by atoms with Gasteiger partial charge in [-0.05, 0) is 31.5 Å². The first-order valence-electron chi connectivity index (χ1n) is 10.3. The molecule has 4 rings (SSSR count).